The topological polar surface area (TPSA) is 61.8 Å². The van der Waals surface area contributed by atoms with Gasteiger partial charge in [-0.2, -0.15) is 0 Å². The van der Waals surface area contributed by atoms with E-state index in [1.807, 2.05) is 13.8 Å². The Balaban J connectivity index is 1.70. The van der Waals surface area contributed by atoms with Gasteiger partial charge in [0.25, 0.3) is 0 Å². The zero-order chi connectivity index (χ0) is 19.6. The molecule has 0 N–H and O–H groups in total. The van der Waals surface area contributed by atoms with Crippen LogP contribution in [-0.2, 0) is 23.8 Å². The first-order valence-corrected chi connectivity index (χ1v) is 10.6. The van der Waals surface area contributed by atoms with E-state index in [-0.39, 0.29) is 36.8 Å². The summed E-state index contributed by atoms with van der Waals surface area (Å²) >= 11 is 0. The number of alkyl halides is 1. The third-order valence-corrected chi connectivity index (χ3v) is 5.50. The Hall–Kier alpha value is -1.01. The predicted molar refractivity (Wildman–Crippen MR) is 100.0 cm³/mol. The number of carbonyl (C=O) groups is 2. The Kier molecular flexibility index (Phi) is 9.69. The minimum atomic E-state index is -1.12. The molecular formula is C21H35FO5. The molecular weight excluding hydrogens is 351 g/mol. The van der Waals surface area contributed by atoms with Gasteiger partial charge in [0.2, 0.25) is 0 Å². The summed E-state index contributed by atoms with van der Waals surface area (Å²) in [6, 6.07) is 0. The molecule has 156 valence electrons. The van der Waals surface area contributed by atoms with Crippen LogP contribution in [0.1, 0.15) is 78.1 Å². The number of unbranched alkanes of at least 4 members (excludes halogenated alkanes) is 3. The molecule has 1 aliphatic carbocycles. The van der Waals surface area contributed by atoms with Gasteiger partial charge < -0.3 is 19.0 Å². The summed E-state index contributed by atoms with van der Waals surface area (Å²) in [5.41, 5.74) is 0. The van der Waals surface area contributed by atoms with Crippen molar-refractivity contribution in [2.75, 3.05) is 6.61 Å². The van der Waals surface area contributed by atoms with Crippen LogP contribution in [0.4, 0.5) is 4.39 Å². The Labute approximate surface area is 162 Å². The molecule has 27 heavy (non-hydrogen) atoms. The second-order valence-electron chi connectivity index (χ2n) is 8.09. The highest BCUT2D eigenvalue weighted by atomic mass is 19.1. The van der Waals surface area contributed by atoms with Crippen molar-refractivity contribution in [3.8, 4) is 0 Å². The minimum Gasteiger partial charge on any atom is -0.463 e. The van der Waals surface area contributed by atoms with E-state index in [2.05, 4.69) is 0 Å². The maximum atomic E-state index is 14.3. The van der Waals surface area contributed by atoms with E-state index in [0.717, 1.165) is 57.7 Å². The van der Waals surface area contributed by atoms with Crippen LogP contribution in [0.2, 0.25) is 0 Å². The van der Waals surface area contributed by atoms with E-state index in [0.29, 0.717) is 13.0 Å². The highest BCUT2D eigenvalue weighted by Gasteiger charge is 2.44. The van der Waals surface area contributed by atoms with E-state index in [1.165, 1.54) is 0 Å². The number of rotatable bonds is 11. The molecule has 2 aliphatic rings. The van der Waals surface area contributed by atoms with Crippen LogP contribution in [0.5, 0.6) is 0 Å². The molecule has 0 bridgehead atoms. The molecule has 5 atom stereocenters. The summed E-state index contributed by atoms with van der Waals surface area (Å²) in [5.74, 6) is -0.795. The fraction of sp³-hybridized carbons (Fsp3) is 0.905. The third-order valence-electron chi connectivity index (χ3n) is 5.50. The van der Waals surface area contributed by atoms with Gasteiger partial charge in [0.05, 0.1) is 18.1 Å². The summed E-state index contributed by atoms with van der Waals surface area (Å²) < 4.78 is 31.0. The minimum absolute atomic E-state index is 0.0705. The monoisotopic (exact) mass is 386 g/mol. The van der Waals surface area contributed by atoms with Crippen LogP contribution in [0.15, 0.2) is 0 Å². The highest BCUT2D eigenvalue weighted by molar-refractivity contribution is 5.69. The average Bonchev–Trinajstić information content (AvgIpc) is 2.92. The molecule has 0 spiro atoms. The smallest absolute Gasteiger partial charge is 0.306 e. The van der Waals surface area contributed by atoms with Gasteiger partial charge in [0.15, 0.2) is 6.29 Å². The zero-order valence-electron chi connectivity index (χ0n) is 16.7. The van der Waals surface area contributed by atoms with Crippen molar-refractivity contribution in [2.45, 2.75) is 103 Å². The lowest BCUT2D eigenvalue weighted by molar-refractivity contribution is -0.196. The van der Waals surface area contributed by atoms with Crippen LogP contribution < -0.4 is 0 Å². The summed E-state index contributed by atoms with van der Waals surface area (Å²) in [7, 11) is 0. The Morgan fingerprint density at radius 2 is 2.00 bits per heavy atom. The number of hydrogen-bond donors (Lipinski definition) is 0. The van der Waals surface area contributed by atoms with Crippen molar-refractivity contribution in [1.29, 1.82) is 0 Å². The lowest BCUT2D eigenvalue weighted by atomic mass is 9.89. The molecule has 0 aromatic carbocycles. The van der Waals surface area contributed by atoms with Gasteiger partial charge in [-0.05, 0) is 51.9 Å². The maximum absolute atomic E-state index is 14.3. The van der Waals surface area contributed by atoms with Crippen molar-refractivity contribution in [2.24, 2.45) is 11.8 Å². The molecule has 1 unspecified atom stereocenters. The van der Waals surface area contributed by atoms with Gasteiger partial charge in [0.1, 0.15) is 12.5 Å². The Morgan fingerprint density at radius 3 is 2.67 bits per heavy atom. The van der Waals surface area contributed by atoms with Crippen molar-refractivity contribution in [3.05, 3.63) is 0 Å². The second-order valence-corrected chi connectivity index (χ2v) is 8.09. The standard InChI is InChI=1S/C21H35FO5/c1-15(2)26-20(24)10-6-4-3-5-9-16-17(14-23)18(22)13-19(16)27-21-11-7-8-12-25-21/h14-19,21H,3-13H2,1-2H3/t16-,17-,18+,19+,21?/m1/s1. The molecule has 5 nitrogen and oxygen atoms in total. The Morgan fingerprint density at radius 1 is 1.22 bits per heavy atom. The predicted octanol–water partition coefficient (Wildman–Crippen LogP) is 4.36. The number of hydrogen-bond acceptors (Lipinski definition) is 5. The second kappa shape index (κ2) is 11.7. The number of ether oxygens (including phenoxy) is 3. The molecule has 1 saturated heterocycles. The van der Waals surface area contributed by atoms with Gasteiger partial charge in [-0.25, -0.2) is 4.39 Å². The van der Waals surface area contributed by atoms with E-state index in [9.17, 15) is 14.0 Å². The maximum Gasteiger partial charge on any atom is 0.306 e. The molecule has 1 heterocycles. The van der Waals surface area contributed by atoms with E-state index >= 15 is 0 Å². The zero-order valence-corrected chi connectivity index (χ0v) is 16.7. The summed E-state index contributed by atoms with van der Waals surface area (Å²) in [4.78, 5) is 22.9. The lowest BCUT2D eigenvalue weighted by Gasteiger charge is -2.29. The Bertz CT molecular complexity index is 450. The van der Waals surface area contributed by atoms with E-state index in [1.54, 1.807) is 0 Å². The van der Waals surface area contributed by atoms with E-state index < -0.39 is 12.1 Å². The largest absolute Gasteiger partial charge is 0.463 e. The van der Waals surface area contributed by atoms with Crippen molar-refractivity contribution in [3.63, 3.8) is 0 Å². The molecule has 0 amide bonds. The van der Waals surface area contributed by atoms with Gasteiger partial charge in [0, 0.05) is 19.4 Å². The first-order valence-electron chi connectivity index (χ1n) is 10.6. The fourth-order valence-electron chi connectivity index (χ4n) is 4.13. The molecule has 0 radical (unpaired) electrons. The van der Waals surface area contributed by atoms with Crippen LogP contribution in [-0.4, -0.2) is 43.5 Å². The fourth-order valence-corrected chi connectivity index (χ4v) is 4.13. The third kappa shape index (κ3) is 7.49. The molecule has 1 aliphatic heterocycles. The molecule has 0 aromatic rings. The normalized spacial score (nSPS) is 31.2. The molecule has 6 heteroatoms. The first kappa shape index (κ1) is 22.3. The van der Waals surface area contributed by atoms with Gasteiger partial charge in [-0.3, -0.25) is 4.79 Å². The van der Waals surface area contributed by atoms with Crippen LogP contribution in [0.25, 0.3) is 0 Å². The first-order chi connectivity index (χ1) is 13.0. The van der Waals surface area contributed by atoms with Crippen molar-refractivity contribution in [1.82, 2.24) is 0 Å². The van der Waals surface area contributed by atoms with Crippen molar-refractivity contribution < 1.29 is 28.2 Å². The van der Waals surface area contributed by atoms with Crippen LogP contribution in [0.3, 0.4) is 0 Å². The number of halogens is 1. The summed E-state index contributed by atoms with van der Waals surface area (Å²) in [5, 5.41) is 0. The number of carbonyl (C=O) groups excluding carboxylic acids is 2. The molecule has 2 rings (SSSR count). The highest BCUT2D eigenvalue weighted by Crippen LogP contribution is 2.39. The van der Waals surface area contributed by atoms with Gasteiger partial charge in [-0.1, -0.05) is 19.3 Å². The average molecular weight is 387 g/mol. The quantitative estimate of drug-likeness (QED) is 0.300. The van der Waals surface area contributed by atoms with Crippen molar-refractivity contribution >= 4 is 12.3 Å². The molecule has 2 fully saturated rings. The number of esters is 1. The lowest BCUT2D eigenvalue weighted by Crippen LogP contribution is -2.31. The SMILES string of the molecule is CC(C)OC(=O)CCCCCC[C@@H]1[C@@H](C=O)[C@@H](F)C[C@@H]1OC1CCCCO1. The summed E-state index contributed by atoms with van der Waals surface area (Å²) in [6.45, 7) is 4.38. The van der Waals surface area contributed by atoms with Crippen LogP contribution >= 0.6 is 0 Å². The summed E-state index contributed by atoms with van der Waals surface area (Å²) in [6.07, 6.45) is 7.15. The number of aldehydes is 1. The van der Waals surface area contributed by atoms with Crippen LogP contribution in [0, 0.1) is 11.8 Å². The molecule has 0 aromatic heterocycles. The van der Waals surface area contributed by atoms with E-state index in [4.69, 9.17) is 14.2 Å². The van der Waals surface area contributed by atoms with Gasteiger partial charge in [-0.15, -0.1) is 0 Å². The molecule has 1 saturated carbocycles. The van der Waals surface area contributed by atoms with Gasteiger partial charge >= 0.3 is 5.97 Å².